The molecule has 2 N–H and O–H groups in total. The molecule has 1 aliphatic rings. The van der Waals surface area contributed by atoms with E-state index < -0.39 is 0 Å². The van der Waals surface area contributed by atoms with Gasteiger partial charge in [-0.25, -0.2) is 4.39 Å². The highest BCUT2D eigenvalue weighted by molar-refractivity contribution is 5.79. The Balaban J connectivity index is 1.69. The first-order chi connectivity index (χ1) is 15.1. The fraction of sp³-hybridized carbons (Fsp3) is 0.435. The van der Waals surface area contributed by atoms with Crippen LogP contribution in [-0.2, 0) is 11.3 Å². The van der Waals surface area contributed by atoms with Crippen molar-refractivity contribution < 1.29 is 18.6 Å². The van der Waals surface area contributed by atoms with E-state index in [0.29, 0.717) is 43.8 Å². The maximum absolute atomic E-state index is 13.1. The van der Waals surface area contributed by atoms with Crippen LogP contribution in [0.5, 0.6) is 11.5 Å². The molecule has 0 radical (unpaired) electrons. The largest absolute Gasteiger partial charge is 0.493 e. The number of nitrogens with one attached hydrogen (secondary N) is 2. The predicted molar refractivity (Wildman–Crippen MR) is 119 cm³/mol. The van der Waals surface area contributed by atoms with Gasteiger partial charge in [0.15, 0.2) is 17.5 Å². The zero-order chi connectivity index (χ0) is 22.1. The minimum atomic E-state index is -0.241. The molecule has 1 saturated heterocycles. The van der Waals surface area contributed by atoms with E-state index in [-0.39, 0.29) is 11.9 Å². The summed E-state index contributed by atoms with van der Waals surface area (Å²) in [6.45, 7) is 4.32. The van der Waals surface area contributed by atoms with E-state index in [0.717, 1.165) is 24.2 Å². The number of rotatable bonds is 8. The SMILES string of the molecule is CN=C(NCc1ccc(F)cc1)NCC(c1ccc(OC)c(OC)c1)N1CCOCC1. The Bertz CT molecular complexity index is 854. The molecule has 1 aliphatic heterocycles. The van der Waals surface area contributed by atoms with Gasteiger partial charge >= 0.3 is 0 Å². The number of benzene rings is 2. The topological polar surface area (TPSA) is 67.4 Å². The smallest absolute Gasteiger partial charge is 0.191 e. The zero-order valence-electron chi connectivity index (χ0n) is 18.4. The van der Waals surface area contributed by atoms with E-state index in [1.165, 1.54) is 12.1 Å². The van der Waals surface area contributed by atoms with Crippen molar-refractivity contribution >= 4 is 5.96 Å². The number of hydrogen-bond acceptors (Lipinski definition) is 5. The standard InChI is InChI=1S/C23H31FN4O3/c1-25-23(26-15-17-4-7-19(24)8-5-17)27-16-20(28-10-12-31-13-11-28)18-6-9-21(29-2)22(14-18)30-3/h4-9,14,20H,10-13,15-16H2,1-3H3,(H2,25,26,27). The molecular weight excluding hydrogens is 399 g/mol. The lowest BCUT2D eigenvalue weighted by molar-refractivity contribution is 0.0169. The van der Waals surface area contributed by atoms with Crippen LogP contribution in [0.3, 0.4) is 0 Å². The second-order valence-electron chi connectivity index (χ2n) is 7.21. The van der Waals surface area contributed by atoms with Crippen LogP contribution in [0.4, 0.5) is 4.39 Å². The summed E-state index contributed by atoms with van der Waals surface area (Å²) >= 11 is 0. The first-order valence-electron chi connectivity index (χ1n) is 10.4. The molecule has 2 aromatic rings. The lowest BCUT2D eigenvalue weighted by Gasteiger charge is -2.35. The van der Waals surface area contributed by atoms with E-state index in [1.54, 1.807) is 33.4 Å². The average Bonchev–Trinajstić information content (AvgIpc) is 2.82. The van der Waals surface area contributed by atoms with Crippen molar-refractivity contribution in [3.05, 3.63) is 59.4 Å². The molecule has 1 atom stereocenters. The van der Waals surface area contributed by atoms with Crippen molar-refractivity contribution in [2.75, 3.05) is 54.1 Å². The first-order valence-corrected chi connectivity index (χ1v) is 10.4. The van der Waals surface area contributed by atoms with Crippen LogP contribution in [0, 0.1) is 5.82 Å². The molecule has 7 nitrogen and oxygen atoms in total. The van der Waals surface area contributed by atoms with Gasteiger partial charge in [0.1, 0.15) is 5.82 Å². The summed E-state index contributed by atoms with van der Waals surface area (Å²) in [6.07, 6.45) is 0. The van der Waals surface area contributed by atoms with Gasteiger partial charge in [0.05, 0.1) is 33.5 Å². The molecule has 31 heavy (non-hydrogen) atoms. The van der Waals surface area contributed by atoms with Crippen molar-refractivity contribution in [1.29, 1.82) is 0 Å². The molecule has 0 amide bonds. The fourth-order valence-electron chi connectivity index (χ4n) is 3.61. The number of guanidine groups is 1. The van der Waals surface area contributed by atoms with E-state index in [4.69, 9.17) is 14.2 Å². The van der Waals surface area contributed by atoms with Crippen molar-refractivity contribution in [1.82, 2.24) is 15.5 Å². The van der Waals surface area contributed by atoms with Crippen LogP contribution in [0.15, 0.2) is 47.5 Å². The number of aliphatic imine (C=N–C) groups is 1. The van der Waals surface area contributed by atoms with Crippen molar-refractivity contribution in [3.8, 4) is 11.5 Å². The van der Waals surface area contributed by atoms with Gasteiger partial charge in [-0.05, 0) is 35.4 Å². The number of halogens is 1. The Labute approximate surface area is 183 Å². The molecule has 1 fully saturated rings. The second kappa shape index (κ2) is 11.5. The zero-order valence-corrected chi connectivity index (χ0v) is 18.4. The Morgan fingerprint density at radius 2 is 1.77 bits per heavy atom. The molecule has 0 aromatic heterocycles. The quantitative estimate of drug-likeness (QED) is 0.496. The lowest BCUT2D eigenvalue weighted by atomic mass is 10.0. The van der Waals surface area contributed by atoms with E-state index >= 15 is 0 Å². The van der Waals surface area contributed by atoms with Crippen LogP contribution in [0.25, 0.3) is 0 Å². The van der Waals surface area contributed by atoms with E-state index in [9.17, 15) is 4.39 Å². The van der Waals surface area contributed by atoms with Crippen LogP contribution in [0.2, 0.25) is 0 Å². The maximum Gasteiger partial charge on any atom is 0.191 e. The molecule has 8 heteroatoms. The molecule has 0 spiro atoms. The van der Waals surface area contributed by atoms with Crippen LogP contribution >= 0.6 is 0 Å². The molecule has 0 saturated carbocycles. The summed E-state index contributed by atoms with van der Waals surface area (Å²) < 4.78 is 29.5. The Morgan fingerprint density at radius 1 is 1.06 bits per heavy atom. The van der Waals surface area contributed by atoms with Gasteiger partial charge in [0.25, 0.3) is 0 Å². The van der Waals surface area contributed by atoms with Gasteiger partial charge in [0, 0.05) is 33.2 Å². The molecule has 0 bridgehead atoms. The monoisotopic (exact) mass is 430 g/mol. The van der Waals surface area contributed by atoms with Crippen LogP contribution in [-0.4, -0.2) is 65.0 Å². The summed E-state index contributed by atoms with van der Waals surface area (Å²) in [5.41, 5.74) is 2.11. The normalized spacial score (nSPS) is 15.9. The average molecular weight is 431 g/mol. The fourth-order valence-corrected chi connectivity index (χ4v) is 3.61. The van der Waals surface area contributed by atoms with Gasteiger partial charge in [-0.15, -0.1) is 0 Å². The molecule has 1 unspecified atom stereocenters. The van der Waals surface area contributed by atoms with Crippen LogP contribution < -0.4 is 20.1 Å². The second-order valence-corrected chi connectivity index (χ2v) is 7.21. The Morgan fingerprint density at radius 3 is 2.42 bits per heavy atom. The van der Waals surface area contributed by atoms with Gasteiger partial charge < -0.3 is 24.8 Å². The third kappa shape index (κ3) is 6.32. The highest BCUT2D eigenvalue weighted by Crippen LogP contribution is 2.32. The predicted octanol–water partition coefficient (Wildman–Crippen LogP) is 2.58. The van der Waals surface area contributed by atoms with Crippen molar-refractivity contribution in [2.45, 2.75) is 12.6 Å². The molecule has 0 aliphatic carbocycles. The number of methoxy groups -OCH3 is 2. The maximum atomic E-state index is 13.1. The lowest BCUT2D eigenvalue weighted by Crippen LogP contribution is -2.46. The third-order valence-corrected chi connectivity index (χ3v) is 5.34. The molecule has 3 rings (SSSR count). The molecule has 168 valence electrons. The summed E-state index contributed by atoms with van der Waals surface area (Å²) in [5.74, 6) is 1.85. The number of morpholine rings is 1. The number of ether oxygens (including phenoxy) is 3. The van der Waals surface area contributed by atoms with Crippen molar-refractivity contribution in [3.63, 3.8) is 0 Å². The van der Waals surface area contributed by atoms with E-state index in [1.807, 2.05) is 12.1 Å². The minimum absolute atomic E-state index is 0.105. The van der Waals surface area contributed by atoms with Gasteiger partial charge in [-0.2, -0.15) is 0 Å². The van der Waals surface area contributed by atoms with Crippen molar-refractivity contribution in [2.24, 2.45) is 4.99 Å². The Kier molecular flexibility index (Phi) is 8.49. The number of hydrogen-bond donors (Lipinski definition) is 2. The minimum Gasteiger partial charge on any atom is -0.493 e. The summed E-state index contributed by atoms with van der Waals surface area (Å²) in [7, 11) is 5.01. The van der Waals surface area contributed by atoms with Crippen LogP contribution in [0.1, 0.15) is 17.2 Å². The van der Waals surface area contributed by atoms with Gasteiger partial charge in [-0.3, -0.25) is 9.89 Å². The third-order valence-electron chi connectivity index (χ3n) is 5.34. The van der Waals surface area contributed by atoms with Gasteiger partial charge in [0.2, 0.25) is 0 Å². The van der Waals surface area contributed by atoms with E-state index in [2.05, 4.69) is 26.6 Å². The molecule has 1 heterocycles. The summed E-state index contributed by atoms with van der Waals surface area (Å²) in [4.78, 5) is 6.72. The van der Waals surface area contributed by atoms with Gasteiger partial charge in [-0.1, -0.05) is 18.2 Å². The Hall–Kier alpha value is -2.84. The highest BCUT2D eigenvalue weighted by atomic mass is 19.1. The molecular formula is C23H31FN4O3. The first kappa shape index (κ1) is 22.8. The summed E-state index contributed by atoms with van der Waals surface area (Å²) in [5, 5.41) is 6.71. The number of nitrogens with zero attached hydrogens (tertiary/aromatic N) is 2. The molecule has 2 aromatic carbocycles. The summed E-state index contributed by atoms with van der Waals surface area (Å²) in [6, 6.07) is 12.6. The highest BCUT2D eigenvalue weighted by Gasteiger charge is 2.24.